The first-order chi connectivity index (χ1) is 16.1. The molecule has 0 saturated heterocycles. The number of carbonyl (C=O) groups is 2. The van der Waals surface area contributed by atoms with Gasteiger partial charge in [-0.3, -0.25) is 4.79 Å². The third-order valence-corrected chi connectivity index (χ3v) is 4.82. The maximum Gasteiger partial charge on any atom is 1.00 e. The van der Waals surface area contributed by atoms with Crippen molar-refractivity contribution < 1.29 is 88.1 Å². The number of ketones is 1. The number of fused-ring (bicyclic) bond motifs is 1. The van der Waals surface area contributed by atoms with Crippen molar-refractivity contribution in [2.45, 2.75) is 6.73 Å². The zero-order valence-corrected chi connectivity index (χ0v) is 24.9. The number of nitrogen functional groups attached to an aromatic ring is 1. The standard InChI is InChI=1S/C18H13N5O3S.2CH3O.CH2O.2Na/c1-25-9-23-7-11(10-4-2-3-5-14(10)23)15(24)18-22-13(8-27-18)17-21-12(6-19)16(20)26-17;3*1-2;;/h2-5,7-8H,9,20H2,1H3;2*1H3;1H2;;/q;2*-1;;2*+1. The molecule has 1 aromatic carbocycles. The van der Waals surface area contributed by atoms with E-state index in [1.165, 1.54) is 11.3 Å². The molecule has 4 rings (SSSR count). The Morgan fingerprint density at radius 1 is 1.23 bits per heavy atom. The fourth-order valence-electron chi connectivity index (χ4n) is 2.79. The number of thiazole rings is 1. The Morgan fingerprint density at radius 2 is 1.86 bits per heavy atom. The second kappa shape index (κ2) is 18.4. The largest absolute Gasteiger partial charge is 1.00 e. The van der Waals surface area contributed by atoms with Crippen molar-refractivity contribution >= 4 is 40.7 Å². The van der Waals surface area contributed by atoms with Gasteiger partial charge >= 0.3 is 59.1 Å². The van der Waals surface area contributed by atoms with Crippen LogP contribution in [0.3, 0.4) is 0 Å². The number of carbonyl (C=O) groups excluding carboxylic acids is 2. The smallest absolute Gasteiger partial charge is 0.857 e. The topological polar surface area (TPSA) is 183 Å². The molecule has 0 amide bonds. The summed E-state index contributed by atoms with van der Waals surface area (Å²) in [6.45, 7) is 2.34. The van der Waals surface area contributed by atoms with Gasteiger partial charge in [0.15, 0.2) is 5.01 Å². The van der Waals surface area contributed by atoms with Gasteiger partial charge in [-0.15, -0.1) is 11.3 Å². The van der Waals surface area contributed by atoms with E-state index in [0.29, 0.717) is 23.0 Å². The number of ether oxygens (including phenoxy) is 1. The molecule has 11 nitrogen and oxygen atoms in total. The molecule has 0 bridgehead atoms. The van der Waals surface area contributed by atoms with Crippen LogP contribution in [0.25, 0.3) is 22.5 Å². The number of nitriles is 1. The van der Waals surface area contributed by atoms with Crippen LogP contribution in [0.5, 0.6) is 0 Å². The van der Waals surface area contributed by atoms with E-state index in [1.54, 1.807) is 18.7 Å². The summed E-state index contributed by atoms with van der Waals surface area (Å²) in [5, 5.41) is 28.2. The van der Waals surface area contributed by atoms with Gasteiger partial charge in [0.05, 0.1) is 11.1 Å². The number of rotatable bonds is 5. The second-order valence-corrected chi connectivity index (χ2v) is 6.52. The van der Waals surface area contributed by atoms with Crippen molar-refractivity contribution in [1.82, 2.24) is 14.5 Å². The summed E-state index contributed by atoms with van der Waals surface area (Å²) in [6.07, 6.45) is 1.76. The Kier molecular flexibility index (Phi) is 18.5. The fourth-order valence-corrected chi connectivity index (χ4v) is 3.53. The van der Waals surface area contributed by atoms with Gasteiger partial charge < -0.3 is 34.5 Å². The predicted octanol–water partition coefficient (Wildman–Crippen LogP) is -5.18. The number of nitrogens with zero attached hydrogens (tertiary/aromatic N) is 4. The molecule has 0 aliphatic carbocycles. The van der Waals surface area contributed by atoms with E-state index in [1.807, 2.05) is 41.7 Å². The first-order valence-corrected chi connectivity index (χ1v) is 9.84. The Balaban J connectivity index is 0. The van der Waals surface area contributed by atoms with Crippen molar-refractivity contribution in [3.63, 3.8) is 0 Å². The summed E-state index contributed by atoms with van der Waals surface area (Å²) < 4.78 is 12.3. The maximum atomic E-state index is 13.0. The van der Waals surface area contributed by atoms with Gasteiger partial charge in [-0.05, 0) is 6.07 Å². The number of anilines is 1. The number of methoxy groups -OCH3 is 1. The molecule has 35 heavy (non-hydrogen) atoms. The molecule has 0 radical (unpaired) electrons. The Labute approximate surface area is 250 Å². The first kappa shape index (κ1) is 35.3. The number of oxazole rings is 1. The third kappa shape index (κ3) is 8.33. The van der Waals surface area contributed by atoms with Crippen LogP contribution < -0.4 is 75.1 Å². The zero-order chi connectivity index (χ0) is 25.0. The van der Waals surface area contributed by atoms with Crippen LogP contribution in [-0.2, 0) is 16.3 Å². The van der Waals surface area contributed by atoms with E-state index < -0.39 is 0 Å². The summed E-state index contributed by atoms with van der Waals surface area (Å²) in [5.74, 6) is -0.172. The molecule has 3 heterocycles. The zero-order valence-electron chi connectivity index (χ0n) is 20.1. The van der Waals surface area contributed by atoms with E-state index in [0.717, 1.165) is 25.1 Å². The SMILES string of the molecule is C=O.COCn1cc(C(=O)c2nc(-c3nc(C#N)c(N)o3)cs2)c2ccccc21.C[O-].C[O-].[Na+].[Na+]. The van der Waals surface area contributed by atoms with Crippen LogP contribution in [-0.4, -0.2) is 48.4 Å². The van der Waals surface area contributed by atoms with Crippen molar-refractivity contribution in [3.8, 4) is 17.7 Å². The molecule has 0 fully saturated rings. The Hall–Kier alpha value is -1.89. The molecule has 14 heteroatoms. The van der Waals surface area contributed by atoms with Gasteiger partial charge in [-0.1, -0.05) is 18.2 Å². The molecule has 2 N–H and O–H groups in total. The summed E-state index contributed by atoms with van der Waals surface area (Å²) in [4.78, 5) is 29.3. The number of hydrogen-bond acceptors (Lipinski definition) is 11. The van der Waals surface area contributed by atoms with Gasteiger partial charge in [0.1, 0.15) is 25.3 Å². The van der Waals surface area contributed by atoms with Crippen molar-refractivity contribution in [2.24, 2.45) is 0 Å². The average Bonchev–Trinajstić information content (AvgIpc) is 3.60. The minimum absolute atomic E-state index is 0. The Bertz CT molecular complexity index is 1230. The summed E-state index contributed by atoms with van der Waals surface area (Å²) in [7, 11) is 3.10. The summed E-state index contributed by atoms with van der Waals surface area (Å²) in [5.41, 5.74) is 7.37. The van der Waals surface area contributed by atoms with Gasteiger partial charge in [0.2, 0.25) is 23.3 Å². The first-order valence-electron chi connectivity index (χ1n) is 8.96. The van der Waals surface area contributed by atoms with Gasteiger partial charge in [-0.25, -0.2) is 4.98 Å². The monoisotopic (exact) mass is 517 g/mol. The molecule has 0 spiro atoms. The quantitative estimate of drug-likeness (QED) is 0.198. The minimum Gasteiger partial charge on any atom is -0.857 e. The Morgan fingerprint density at radius 3 is 2.43 bits per heavy atom. The molecule has 174 valence electrons. The number of benzene rings is 1. The summed E-state index contributed by atoms with van der Waals surface area (Å²) >= 11 is 1.18. The van der Waals surface area contributed by atoms with Crippen molar-refractivity contribution in [1.29, 1.82) is 5.26 Å². The molecular formula is C21H21N5Na2O6S. The minimum atomic E-state index is -0.211. The van der Waals surface area contributed by atoms with E-state index in [9.17, 15) is 4.79 Å². The number of aromatic nitrogens is 3. The molecule has 0 aliphatic heterocycles. The summed E-state index contributed by atoms with van der Waals surface area (Å²) in [6, 6.07) is 9.44. The second-order valence-electron chi connectivity index (χ2n) is 5.66. The van der Waals surface area contributed by atoms with E-state index in [2.05, 4.69) is 9.97 Å². The van der Waals surface area contributed by atoms with Crippen LogP contribution in [0.2, 0.25) is 0 Å². The molecule has 0 aliphatic rings. The van der Waals surface area contributed by atoms with Crippen LogP contribution in [0.15, 0.2) is 40.3 Å². The number of para-hydroxylation sites is 1. The van der Waals surface area contributed by atoms with Crippen LogP contribution >= 0.6 is 11.3 Å². The molecule has 4 aromatic rings. The van der Waals surface area contributed by atoms with Crippen molar-refractivity contribution in [2.75, 3.05) is 27.1 Å². The van der Waals surface area contributed by atoms with Gasteiger partial charge in [0, 0.05) is 24.1 Å². The van der Waals surface area contributed by atoms with Crippen molar-refractivity contribution in [3.05, 3.63) is 52.1 Å². The molecule has 0 atom stereocenters. The number of nitrogens with two attached hydrogens (primary N) is 1. The van der Waals surface area contributed by atoms with Gasteiger partial charge in [-0.2, -0.15) is 24.5 Å². The molecule has 0 unspecified atom stereocenters. The average molecular weight is 517 g/mol. The normalized spacial score (nSPS) is 8.91. The maximum absolute atomic E-state index is 13.0. The van der Waals surface area contributed by atoms with E-state index in [-0.39, 0.29) is 82.4 Å². The molecule has 0 saturated carbocycles. The van der Waals surface area contributed by atoms with E-state index in [4.69, 9.17) is 35.2 Å². The van der Waals surface area contributed by atoms with E-state index >= 15 is 0 Å². The number of hydrogen-bond donors (Lipinski definition) is 1. The predicted molar refractivity (Wildman–Crippen MR) is 118 cm³/mol. The van der Waals surface area contributed by atoms with Crippen LogP contribution in [0.1, 0.15) is 21.1 Å². The van der Waals surface area contributed by atoms with Crippen LogP contribution in [0, 0.1) is 11.3 Å². The molecular weight excluding hydrogens is 496 g/mol. The third-order valence-electron chi connectivity index (χ3n) is 3.98. The fraction of sp³-hybridized carbons (Fsp3) is 0.190. The van der Waals surface area contributed by atoms with Gasteiger partial charge in [0.25, 0.3) is 0 Å². The van der Waals surface area contributed by atoms with Crippen LogP contribution in [0.4, 0.5) is 5.88 Å². The molecule has 3 aromatic heterocycles.